The number of nitrogen functional groups attached to an aromatic ring is 1. The van der Waals surface area contributed by atoms with Crippen LogP contribution in [0, 0.1) is 11.3 Å². The van der Waals surface area contributed by atoms with Gasteiger partial charge in [0.1, 0.15) is 28.7 Å². The monoisotopic (exact) mass is 265 g/mol. The number of nitriles is 1. The zero-order valence-corrected chi connectivity index (χ0v) is 11.9. The zero-order chi connectivity index (χ0) is 14.8. The summed E-state index contributed by atoms with van der Waals surface area (Å²) in [7, 11) is 3.23. The zero-order valence-electron chi connectivity index (χ0n) is 11.9. The highest BCUT2D eigenvalue weighted by Gasteiger charge is 2.22. The third-order valence-corrected chi connectivity index (χ3v) is 2.37. The predicted molar refractivity (Wildman–Crippen MR) is 70.0 cm³/mol. The molecule has 0 aliphatic rings. The smallest absolute Gasteiger partial charge is 0.410 e. The van der Waals surface area contributed by atoms with Crippen LogP contribution in [-0.4, -0.2) is 33.4 Å². The molecule has 0 spiro atoms. The van der Waals surface area contributed by atoms with Crippen LogP contribution in [-0.2, 0) is 18.3 Å². The topological polar surface area (TPSA) is 97.2 Å². The summed E-state index contributed by atoms with van der Waals surface area (Å²) < 4.78 is 6.63. The number of hydrogen-bond acceptors (Lipinski definition) is 5. The summed E-state index contributed by atoms with van der Waals surface area (Å²) in [5.41, 5.74) is 5.89. The van der Waals surface area contributed by atoms with E-state index in [-0.39, 0.29) is 17.9 Å². The molecule has 7 nitrogen and oxygen atoms in total. The predicted octanol–water partition coefficient (Wildman–Crippen LogP) is 1.24. The Hall–Kier alpha value is -2.23. The second kappa shape index (κ2) is 5.18. The van der Waals surface area contributed by atoms with Crippen LogP contribution in [0.15, 0.2) is 0 Å². The molecule has 0 aromatic carbocycles. The molecule has 0 radical (unpaired) electrons. The lowest BCUT2D eigenvalue weighted by molar-refractivity contribution is 0.0283. The minimum Gasteiger partial charge on any atom is -0.444 e. The highest BCUT2D eigenvalue weighted by Crippen LogP contribution is 2.17. The van der Waals surface area contributed by atoms with Crippen molar-refractivity contribution in [2.24, 2.45) is 7.05 Å². The number of rotatable bonds is 2. The van der Waals surface area contributed by atoms with Crippen LogP contribution in [0.25, 0.3) is 0 Å². The molecular weight excluding hydrogens is 246 g/mol. The second-order valence-electron chi connectivity index (χ2n) is 5.28. The van der Waals surface area contributed by atoms with Gasteiger partial charge in [0.25, 0.3) is 0 Å². The van der Waals surface area contributed by atoms with Crippen LogP contribution < -0.4 is 5.73 Å². The van der Waals surface area contributed by atoms with Gasteiger partial charge in [0.15, 0.2) is 0 Å². The van der Waals surface area contributed by atoms with Crippen molar-refractivity contribution in [1.29, 1.82) is 5.26 Å². The molecule has 7 heteroatoms. The lowest BCUT2D eigenvalue weighted by Crippen LogP contribution is -2.34. The van der Waals surface area contributed by atoms with Gasteiger partial charge < -0.3 is 15.4 Å². The Morgan fingerprint density at radius 3 is 2.63 bits per heavy atom. The molecule has 1 rings (SSSR count). The van der Waals surface area contributed by atoms with Crippen molar-refractivity contribution in [1.82, 2.24) is 14.7 Å². The highest BCUT2D eigenvalue weighted by atomic mass is 16.6. The van der Waals surface area contributed by atoms with E-state index >= 15 is 0 Å². The van der Waals surface area contributed by atoms with E-state index in [2.05, 4.69) is 5.10 Å². The first-order valence-corrected chi connectivity index (χ1v) is 5.81. The quantitative estimate of drug-likeness (QED) is 0.867. The van der Waals surface area contributed by atoms with Gasteiger partial charge in [-0.05, 0) is 20.8 Å². The lowest BCUT2D eigenvalue weighted by Gasteiger charge is -2.24. The lowest BCUT2D eigenvalue weighted by atomic mass is 10.2. The van der Waals surface area contributed by atoms with Crippen molar-refractivity contribution in [2.75, 3.05) is 12.8 Å². The molecule has 104 valence electrons. The fraction of sp³-hybridized carbons (Fsp3) is 0.583. The van der Waals surface area contributed by atoms with E-state index < -0.39 is 11.7 Å². The maximum atomic E-state index is 11.8. The molecule has 0 aliphatic carbocycles. The third kappa shape index (κ3) is 3.61. The molecule has 19 heavy (non-hydrogen) atoms. The SMILES string of the molecule is CN(Cc1nn(C)c(N)c1C#N)C(=O)OC(C)(C)C. The third-order valence-electron chi connectivity index (χ3n) is 2.37. The molecule has 1 aromatic rings. The number of nitrogens with zero attached hydrogens (tertiary/aromatic N) is 4. The van der Waals surface area contributed by atoms with Gasteiger partial charge in [-0.15, -0.1) is 0 Å². The molecule has 1 heterocycles. The van der Waals surface area contributed by atoms with Crippen molar-refractivity contribution >= 4 is 11.9 Å². The van der Waals surface area contributed by atoms with Crippen LogP contribution in [0.4, 0.5) is 10.6 Å². The van der Waals surface area contributed by atoms with E-state index in [0.717, 1.165) is 0 Å². The molecule has 0 saturated carbocycles. The van der Waals surface area contributed by atoms with Crippen molar-refractivity contribution in [2.45, 2.75) is 32.9 Å². The number of ether oxygens (including phenoxy) is 1. The van der Waals surface area contributed by atoms with Gasteiger partial charge in [-0.1, -0.05) is 0 Å². The number of hydrogen-bond donors (Lipinski definition) is 1. The number of amides is 1. The van der Waals surface area contributed by atoms with Gasteiger partial charge in [-0.2, -0.15) is 10.4 Å². The van der Waals surface area contributed by atoms with Gasteiger partial charge in [-0.25, -0.2) is 4.79 Å². The number of nitrogens with two attached hydrogens (primary N) is 1. The minimum absolute atomic E-state index is 0.169. The molecular formula is C12H19N5O2. The van der Waals surface area contributed by atoms with Crippen LogP contribution >= 0.6 is 0 Å². The van der Waals surface area contributed by atoms with Crippen LogP contribution in [0.5, 0.6) is 0 Å². The molecule has 1 aromatic heterocycles. The van der Waals surface area contributed by atoms with Gasteiger partial charge >= 0.3 is 6.09 Å². The Bertz CT molecular complexity index is 521. The Balaban J connectivity index is 2.84. The maximum Gasteiger partial charge on any atom is 0.410 e. The molecule has 2 N–H and O–H groups in total. The normalized spacial score (nSPS) is 10.9. The number of anilines is 1. The van der Waals surface area contributed by atoms with E-state index in [0.29, 0.717) is 5.69 Å². The standard InChI is InChI=1S/C12H19N5O2/c1-12(2,3)19-11(18)16(4)7-9-8(6-13)10(14)17(5)15-9/h7,14H2,1-5H3. The largest absolute Gasteiger partial charge is 0.444 e. The maximum absolute atomic E-state index is 11.8. The summed E-state index contributed by atoms with van der Waals surface area (Å²) in [6.07, 6.45) is -0.472. The van der Waals surface area contributed by atoms with Crippen LogP contribution in [0.2, 0.25) is 0 Å². The first-order valence-electron chi connectivity index (χ1n) is 5.81. The molecule has 1 amide bonds. The van der Waals surface area contributed by atoms with Crippen molar-refractivity contribution < 1.29 is 9.53 Å². The Morgan fingerprint density at radius 1 is 1.58 bits per heavy atom. The summed E-state index contributed by atoms with van der Waals surface area (Å²) in [5.74, 6) is 0.287. The average molecular weight is 265 g/mol. The molecule has 0 bridgehead atoms. The highest BCUT2D eigenvalue weighted by molar-refractivity contribution is 5.68. The van der Waals surface area contributed by atoms with Gasteiger partial charge in [-0.3, -0.25) is 4.68 Å². The van der Waals surface area contributed by atoms with E-state index in [9.17, 15) is 4.79 Å². The number of aromatic nitrogens is 2. The van der Waals surface area contributed by atoms with Crippen molar-refractivity contribution in [3.05, 3.63) is 11.3 Å². The summed E-state index contributed by atoms with van der Waals surface area (Å²) >= 11 is 0. The van der Waals surface area contributed by atoms with Gasteiger partial charge in [0.2, 0.25) is 0 Å². The number of aryl methyl sites for hydroxylation is 1. The van der Waals surface area contributed by atoms with E-state index in [1.807, 2.05) is 6.07 Å². The van der Waals surface area contributed by atoms with E-state index in [1.165, 1.54) is 9.58 Å². The second-order valence-corrected chi connectivity index (χ2v) is 5.28. The molecule has 0 atom stereocenters. The number of carbonyl (C=O) groups excluding carboxylic acids is 1. The summed E-state index contributed by atoms with van der Waals surface area (Å²) in [6.45, 7) is 5.54. The van der Waals surface area contributed by atoms with Crippen LogP contribution in [0.3, 0.4) is 0 Å². The summed E-state index contributed by atoms with van der Waals surface area (Å²) in [5, 5.41) is 13.2. The fourth-order valence-corrected chi connectivity index (χ4v) is 1.46. The van der Waals surface area contributed by atoms with E-state index in [1.54, 1.807) is 34.9 Å². The minimum atomic E-state index is -0.563. The molecule has 0 aliphatic heterocycles. The van der Waals surface area contributed by atoms with Gasteiger partial charge in [0, 0.05) is 14.1 Å². The van der Waals surface area contributed by atoms with Crippen molar-refractivity contribution in [3.63, 3.8) is 0 Å². The van der Waals surface area contributed by atoms with Crippen molar-refractivity contribution in [3.8, 4) is 6.07 Å². The number of carbonyl (C=O) groups is 1. The van der Waals surface area contributed by atoms with E-state index in [4.69, 9.17) is 15.7 Å². The first-order chi connectivity index (χ1) is 8.65. The fourth-order valence-electron chi connectivity index (χ4n) is 1.46. The molecule has 0 unspecified atom stereocenters. The Kier molecular flexibility index (Phi) is 4.04. The first kappa shape index (κ1) is 14.8. The molecule has 0 fully saturated rings. The summed E-state index contributed by atoms with van der Waals surface area (Å²) in [6, 6.07) is 1.99. The molecule has 0 saturated heterocycles. The Morgan fingerprint density at radius 2 is 2.16 bits per heavy atom. The summed E-state index contributed by atoms with van der Waals surface area (Å²) in [4.78, 5) is 13.2. The van der Waals surface area contributed by atoms with Gasteiger partial charge in [0.05, 0.1) is 6.54 Å². The Labute approximate surface area is 112 Å². The van der Waals surface area contributed by atoms with Crippen LogP contribution in [0.1, 0.15) is 32.0 Å². The average Bonchev–Trinajstić information content (AvgIpc) is 2.51.